The Labute approximate surface area is 124 Å². The molecule has 1 atom stereocenters. The summed E-state index contributed by atoms with van der Waals surface area (Å²) in [5.41, 5.74) is 2.65. The minimum atomic E-state index is -0.157. The smallest absolute Gasteiger partial charge is 0.0608 e. The highest BCUT2D eigenvalue weighted by molar-refractivity contribution is 5.23. The largest absolute Gasteiger partial charge is 0.392 e. The molecule has 112 valence electrons. The summed E-state index contributed by atoms with van der Waals surface area (Å²) in [6.07, 6.45) is 6.76. The van der Waals surface area contributed by atoms with Gasteiger partial charge in [-0.15, -0.1) is 0 Å². The molecular formula is C19H30O. The van der Waals surface area contributed by atoms with E-state index in [0.717, 1.165) is 24.7 Å². The van der Waals surface area contributed by atoms with Crippen molar-refractivity contribution in [1.29, 1.82) is 0 Å². The summed E-state index contributed by atoms with van der Waals surface area (Å²) in [7, 11) is 0. The average Bonchev–Trinajstić information content (AvgIpc) is 2.48. The SMILES string of the molecule is CCc1ccc(CC(O)C2CCC(C(C)C)CC2)cc1. The zero-order valence-corrected chi connectivity index (χ0v) is 13.3. The van der Waals surface area contributed by atoms with E-state index in [1.54, 1.807) is 0 Å². The molecule has 1 N–H and O–H groups in total. The summed E-state index contributed by atoms with van der Waals surface area (Å²) >= 11 is 0. The van der Waals surface area contributed by atoms with Crippen LogP contribution >= 0.6 is 0 Å². The zero-order valence-electron chi connectivity index (χ0n) is 13.3. The molecule has 0 saturated heterocycles. The van der Waals surface area contributed by atoms with Gasteiger partial charge in [0.2, 0.25) is 0 Å². The van der Waals surface area contributed by atoms with Gasteiger partial charge in [0.1, 0.15) is 0 Å². The maximum atomic E-state index is 10.5. The lowest BCUT2D eigenvalue weighted by Gasteiger charge is -2.33. The van der Waals surface area contributed by atoms with Gasteiger partial charge in [-0.25, -0.2) is 0 Å². The van der Waals surface area contributed by atoms with E-state index in [0.29, 0.717) is 5.92 Å². The Morgan fingerprint density at radius 1 is 0.950 bits per heavy atom. The first kappa shape index (κ1) is 15.6. The molecule has 1 fully saturated rings. The fourth-order valence-corrected chi connectivity index (χ4v) is 3.52. The predicted octanol–water partition coefficient (Wildman–Crippen LogP) is 4.61. The fourth-order valence-electron chi connectivity index (χ4n) is 3.52. The summed E-state index contributed by atoms with van der Waals surface area (Å²) in [5.74, 6) is 2.19. The number of benzene rings is 1. The molecule has 2 rings (SSSR count). The van der Waals surface area contributed by atoms with Crippen LogP contribution in [-0.2, 0) is 12.8 Å². The van der Waals surface area contributed by atoms with E-state index in [4.69, 9.17) is 0 Å². The minimum absolute atomic E-state index is 0.157. The lowest BCUT2D eigenvalue weighted by molar-refractivity contribution is 0.0675. The van der Waals surface area contributed by atoms with Gasteiger partial charge >= 0.3 is 0 Å². The quantitative estimate of drug-likeness (QED) is 0.831. The Balaban J connectivity index is 1.84. The molecule has 0 aromatic heterocycles. The maximum Gasteiger partial charge on any atom is 0.0608 e. The second kappa shape index (κ2) is 7.26. The van der Waals surface area contributed by atoms with Crippen LogP contribution in [0.4, 0.5) is 0 Å². The van der Waals surface area contributed by atoms with Crippen molar-refractivity contribution in [2.75, 3.05) is 0 Å². The van der Waals surface area contributed by atoms with Crippen LogP contribution in [0.3, 0.4) is 0 Å². The van der Waals surface area contributed by atoms with Gasteiger partial charge in [0, 0.05) is 0 Å². The van der Waals surface area contributed by atoms with Crippen LogP contribution < -0.4 is 0 Å². The highest BCUT2D eigenvalue weighted by Crippen LogP contribution is 2.35. The lowest BCUT2D eigenvalue weighted by atomic mass is 9.74. The van der Waals surface area contributed by atoms with Gasteiger partial charge < -0.3 is 5.11 Å². The molecule has 0 radical (unpaired) electrons. The molecule has 1 nitrogen and oxygen atoms in total. The van der Waals surface area contributed by atoms with Crippen molar-refractivity contribution in [1.82, 2.24) is 0 Å². The van der Waals surface area contributed by atoms with Crippen molar-refractivity contribution in [3.63, 3.8) is 0 Å². The standard InChI is InChI=1S/C19H30O/c1-4-15-5-7-16(8-6-15)13-19(20)18-11-9-17(10-12-18)14(2)3/h5-8,14,17-20H,4,9-13H2,1-3H3. The monoisotopic (exact) mass is 274 g/mol. The van der Waals surface area contributed by atoms with Crippen LogP contribution in [-0.4, -0.2) is 11.2 Å². The Kier molecular flexibility index (Phi) is 5.65. The van der Waals surface area contributed by atoms with Crippen molar-refractivity contribution in [3.05, 3.63) is 35.4 Å². The lowest BCUT2D eigenvalue weighted by Crippen LogP contribution is -2.28. The Bertz CT molecular complexity index is 385. The number of rotatable bonds is 5. The molecular weight excluding hydrogens is 244 g/mol. The number of aliphatic hydroxyl groups is 1. The van der Waals surface area contributed by atoms with E-state index < -0.39 is 0 Å². The van der Waals surface area contributed by atoms with Crippen LogP contribution in [0.2, 0.25) is 0 Å². The van der Waals surface area contributed by atoms with E-state index in [1.165, 1.54) is 36.8 Å². The third kappa shape index (κ3) is 4.09. The number of hydrogen-bond donors (Lipinski definition) is 1. The average molecular weight is 274 g/mol. The molecule has 0 spiro atoms. The third-order valence-corrected chi connectivity index (χ3v) is 5.18. The molecule has 0 bridgehead atoms. The highest BCUT2D eigenvalue weighted by atomic mass is 16.3. The van der Waals surface area contributed by atoms with Crippen LogP contribution in [0.1, 0.15) is 57.6 Å². The van der Waals surface area contributed by atoms with Crippen molar-refractivity contribution in [2.45, 2.75) is 65.4 Å². The first-order valence-corrected chi connectivity index (χ1v) is 8.36. The van der Waals surface area contributed by atoms with Gasteiger partial charge in [0.15, 0.2) is 0 Å². The van der Waals surface area contributed by atoms with Crippen LogP contribution in [0.25, 0.3) is 0 Å². The summed E-state index contributed by atoms with van der Waals surface area (Å²) in [6, 6.07) is 8.75. The molecule has 0 aliphatic heterocycles. The second-order valence-electron chi connectivity index (χ2n) is 6.86. The number of hydrogen-bond acceptors (Lipinski definition) is 1. The summed E-state index contributed by atoms with van der Waals surface area (Å²) < 4.78 is 0. The zero-order chi connectivity index (χ0) is 14.5. The van der Waals surface area contributed by atoms with Gasteiger partial charge in [-0.3, -0.25) is 0 Å². The van der Waals surface area contributed by atoms with E-state index >= 15 is 0 Å². The van der Waals surface area contributed by atoms with Gasteiger partial charge in [0.05, 0.1) is 6.10 Å². The fraction of sp³-hybridized carbons (Fsp3) is 0.684. The van der Waals surface area contributed by atoms with Crippen LogP contribution in [0.15, 0.2) is 24.3 Å². The number of aliphatic hydroxyl groups excluding tert-OH is 1. The number of aryl methyl sites for hydroxylation is 1. The Hall–Kier alpha value is -0.820. The van der Waals surface area contributed by atoms with E-state index in [-0.39, 0.29) is 6.10 Å². The minimum Gasteiger partial charge on any atom is -0.392 e. The van der Waals surface area contributed by atoms with E-state index in [9.17, 15) is 5.11 Å². The second-order valence-corrected chi connectivity index (χ2v) is 6.86. The molecule has 1 aliphatic carbocycles. The maximum absolute atomic E-state index is 10.5. The van der Waals surface area contributed by atoms with Crippen molar-refractivity contribution >= 4 is 0 Å². The summed E-state index contributed by atoms with van der Waals surface area (Å²) in [6.45, 7) is 6.84. The van der Waals surface area contributed by atoms with Gasteiger partial charge in [-0.1, -0.05) is 45.0 Å². The highest BCUT2D eigenvalue weighted by Gasteiger charge is 2.27. The normalized spacial score (nSPS) is 24.9. The molecule has 1 aromatic rings. The van der Waals surface area contributed by atoms with Crippen molar-refractivity contribution < 1.29 is 5.11 Å². The van der Waals surface area contributed by atoms with E-state index in [2.05, 4.69) is 45.0 Å². The first-order chi connectivity index (χ1) is 9.60. The summed E-state index contributed by atoms with van der Waals surface area (Å²) in [5, 5.41) is 10.5. The molecule has 0 heterocycles. The van der Waals surface area contributed by atoms with Gasteiger partial charge in [-0.2, -0.15) is 0 Å². The molecule has 1 heteroatoms. The Morgan fingerprint density at radius 3 is 1.95 bits per heavy atom. The summed E-state index contributed by atoms with van der Waals surface area (Å²) in [4.78, 5) is 0. The molecule has 0 amide bonds. The first-order valence-electron chi connectivity index (χ1n) is 8.36. The van der Waals surface area contributed by atoms with Crippen LogP contribution in [0.5, 0.6) is 0 Å². The van der Waals surface area contributed by atoms with Crippen LogP contribution in [0, 0.1) is 17.8 Å². The molecule has 1 aromatic carbocycles. The van der Waals surface area contributed by atoms with Crippen molar-refractivity contribution in [3.8, 4) is 0 Å². The van der Waals surface area contributed by atoms with E-state index in [1.807, 2.05) is 0 Å². The van der Waals surface area contributed by atoms with Gasteiger partial charge in [-0.05, 0) is 67.4 Å². The topological polar surface area (TPSA) is 20.2 Å². The van der Waals surface area contributed by atoms with Crippen molar-refractivity contribution in [2.24, 2.45) is 17.8 Å². The van der Waals surface area contributed by atoms with Gasteiger partial charge in [0.25, 0.3) is 0 Å². The molecule has 1 unspecified atom stereocenters. The third-order valence-electron chi connectivity index (χ3n) is 5.18. The molecule has 20 heavy (non-hydrogen) atoms. The molecule has 1 aliphatic rings. The molecule has 1 saturated carbocycles. The predicted molar refractivity (Wildman–Crippen MR) is 85.8 cm³/mol. The Morgan fingerprint density at radius 2 is 1.45 bits per heavy atom.